The molecule has 1 fully saturated rings. The Kier molecular flexibility index (Phi) is 3.01. The molecule has 3 nitrogen and oxygen atoms in total. The van der Waals surface area contributed by atoms with Crippen LogP contribution in [0.5, 0.6) is 5.75 Å². The van der Waals surface area contributed by atoms with Gasteiger partial charge >= 0.3 is 0 Å². The van der Waals surface area contributed by atoms with Crippen LogP contribution in [0, 0.1) is 0 Å². The van der Waals surface area contributed by atoms with Gasteiger partial charge in [0.1, 0.15) is 12.4 Å². The molecular formula is C12H17FN2O. The van der Waals surface area contributed by atoms with Gasteiger partial charge in [0.05, 0.1) is 18.3 Å². The lowest BCUT2D eigenvalue weighted by molar-refractivity contribution is 0.330. The number of rotatable bonds is 3. The minimum absolute atomic E-state index is 0.474. The summed E-state index contributed by atoms with van der Waals surface area (Å²) >= 11 is 0. The molecule has 1 aromatic rings. The lowest BCUT2D eigenvalue weighted by Gasteiger charge is -2.24. The summed E-state index contributed by atoms with van der Waals surface area (Å²) in [4.78, 5) is 2.08. The molecule has 1 aliphatic heterocycles. The number of methoxy groups -OCH3 is 1. The van der Waals surface area contributed by atoms with Gasteiger partial charge < -0.3 is 15.4 Å². The Hall–Kier alpha value is -1.29. The Labute approximate surface area is 95.0 Å². The summed E-state index contributed by atoms with van der Waals surface area (Å²) in [7, 11) is 1.64. The van der Waals surface area contributed by atoms with E-state index in [1.807, 2.05) is 24.3 Å². The van der Waals surface area contributed by atoms with Crippen molar-refractivity contribution in [1.29, 1.82) is 0 Å². The number of nitrogens with zero attached hydrogens (tertiary/aromatic N) is 1. The molecular weight excluding hydrogens is 207 g/mol. The van der Waals surface area contributed by atoms with Gasteiger partial charge in [-0.25, -0.2) is 4.39 Å². The maximum atomic E-state index is 12.8. The largest absolute Gasteiger partial charge is 0.495 e. The molecule has 2 rings (SSSR count). The molecule has 0 aliphatic carbocycles. The van der Waals surface area contributed by atoms with Crippen LogP contribution in [0.15, 0.2) is 24.3 Å². The average Bonchev–Trinajstić information content (AvgIpc) is 2.73. The lowest BCUT2D eigenvalue weighted by atomic mass is 10.0. The van der Waals surface area contributed by atoms with Gasteiger partial charge in [-0.2, -0.15) is 0 Å². The molecule has 0 aromatic heterocycles. The van der Waals surface area contributed by atoms with Crippen LogP contribution in [0.1, 0.15) is 6.42 Å². The zero-order valence-electron chi connectivity index (χ0n) is 9.45. The molecule has 1 saturated heterocycles. The molecule has 88 valence electrons. The summed E-state index contributed by atoms with van der Waals surface area (Å²) in [5, 5.41) is 0. The highest BCUT2D eigenvalue weighted by Crippen LogP contribution is 2.32. The van der Waals surface area contributed by atoms with Gasteiger partial charge in [0, 0.05) is 13.1 Å². The van der Waals surface area contributed by atoms with Crippen LogP contribution in [-0.2, 0) is 0 Å². The zero-order valence-corrected chi connectivity index (χ0v) is 9.45. The highest BCUT2D eigenvalue weighted by molar-refractivity contribution is 5.59. The Morgan fingerprint density at radius 2 is 2.25 bits per heavy atom. The predicted octanol–water partition coefficient (Wildman–Crippen LogP) is 1.57. The minimum atomic E-state index is -0.694. The molecule has 0 bridgehead atoms. The first-order valence-electron chi connectivity index (χ1n) is 5.41. The van der Waals surface area contributed by atoms with Gasteiger partial charge in [-0.15, -0.1) is 0 Å². The van der Waals surface area contributed by atoms with Crippen molar-refractivity contribution in [3.8, 4) is 5.75 Å². The van der Waals surface area contributed by atoms with Crippen molar-refractivity contribution in [2.75, 3.05) is 31.8 Å². The first kappa shape index (κ1) is 11.2. The van der Waals surface area contributed by atoms with Crippen LogP contribution in [0.25, 0.3) is 0 Å². The van der Waals surface area contributed by atoms with E-state index in [9.17, 15) is 4.39 Å². The van der Waals surface area contributed by atoms with Crippen molar-refractivity contribution in [3.63, 3.8) is 0 Å². The van der Waals surface area contributed by atoms with Gasteiger partial charge in [-0.1, -0.05) is 12.1 Å². The molecule has 1 atom stereocenters. The summed E-state index contributed by atoms with van der Waals surface area (Å²) in [6.45, 7) is 0.851. The highest BCUT2D eigenvalue weighted by atomic mass is 19.1. The van der Waals surface area contributed by atoms with Crippen LogP contribution < -0.4 is 15.4 Å². The second kappa shape index (κ2) is 4.29. The Morgan fingerprint density at radius 1 is 1.50 bits per heavy atom. The number of para-hydroxylation sites is 2. The summed E-state index contributed by atoms with van der Waals surface area (Å²) < 4.78 is 18.1. The fourth-order valence-corrected chi connectivity index (χ4v) is 2.10. The monoisotopic (exact) mass is 224 g/mol. The van der Waals surface area contributed by atoms with E-state index in [-0.39, 0.29) is 0 Å². The maximum Gasteiger partial charge on any atom is 0.142 e. The molecule has 0 saturated carbocycles. The summed E-state index contributed by atoms with van der Waals surface area (Å²) in [5.41, 5.74) is 6.22. The van der Waals surface area contributed by atoms with E-state index in [0.717, 1.165) is 18.0 Å². The van der Waals surface area contributed by atoms with Crippen molar-refractivity contribution in [2.24, 2.45) is 5.73 Å². The number of benzene rings is 1. The molecule has 4 heteroatoms. The van der Waals surface area contributed by atoms with Gasteiger partial charge in [0.25, 0.3) is 0 Å². The van der Waals surface area contributed by atoms with E-state index in [1.165, 1.54) is 0 Å². The minimum Gasteiger partial charge on any atom is -0.495 e. The van der Waals surface area contributed by atoms with E-state index >= 15 is 0 Å². The molecule has 2 N–H and O–H groups in total. The molecule has 0 spiro atoms. The van der Waals surface area contributed by atoms with Gasteiger partial charge in [-0.05, 0) is 18.6 Å². The van der Waals surface area contributed by atoms with Gasteiger partial charge in [-0.3, -0.25) is 0 Å². The normalized spacial score (nSPS) is 24.8. The molecule has 0 amide bonds. The van der Waals surface area contributed by atoms with Crippen molar-refractivity contribution in [3.05, 3.63) is 24.3 Å². The third-order valence-electron chi connectivity index (χ3n) is 3.08. The van der Waals surface area contributed by atoms with Crippen molar-refractivity contribution in [2.45, 2.75) is 12.0 Å². The van der Waals surface area contributed by atoms with Crippen LogP contribution in [-0.4, -0.2) is 32.4 Å². The fraction of sp³-hybridized carbons (Fsp3) is 0.500. The van der Waals surface area contributed by atoms with E-state index in [2.05, 4.69) is 4.90 Å². The van der Waals surface area contributed by atoms with Crippen LogP contribution in [0.4, 0.5) is 10.1 Å². The van der Waals surface area contributed by atoms with Crippen LogP contribution in [0.2, 0.25) is 0 Å². The summed E-state index contributed by atoms with van der Waals surface area (Å²) in [6.07, 6.45) is 0.682. The topological polar surface area (TPSA) is 38.5 Å². The standard InChI is InChI=1S/C12H17FN2O/c1-16-11-5-3-2-4-10(11)15-7-6-12(14,8-13)9-15/h2-5H,6-9,14H2,1H3. The Balaban J connectivity index is 2.20. The molecule has 1 heterocycles. The van der Waals surface area contributed by atoms with Gasteiger partial charge in [0.15, 0.2) is 0 Å². The van der Waals surface area contributed by atoms with E-state index in [0.29, 0.717) is 13.0 Å². The van der Waals surface area contributed by atoms with Crippen molar-refractivity contribution < 1.29 is 9.13 Å². The quantitative estimate of drug-likeness (QED) is 0.847. The van der Waals surface area contributed by atoms with E-state index in [4.69, 9.17) is 10.5 Å². The predicted molar refractivity (Wildman–Crippen MR) is 62.7 cm³/mol. The van der Waals surface area contributed by atoms with E-state index in [1.54, 1.807) is 7.11 Å². The third-order valence-corrected chi connectivity index (χ3v) is 3.08. The number of nitrogens with two attached hydrogens (primary N) is 1. The van der Waals surface area contributed by atoms with Crippen LogP contribution >= 0.6 is 0 Å². The number of hydrogen-bond acceptors (Lipinski definition) is 3. The molecule has 0 radical (unpaired) electrons. The van der Waals surface area contributed by atoms with Gasteiger partial charge in [0.2, 0.25) is 0 Å². The molecule has 1 unspecified atom stereocenters. The Bertz CT molecular complexity index is 372. The van der Waals surface area contributed by atoms with E-state index < -0.39 is 12.2 Å². The lowest BCUT2D eigenvalue weighted by Crippen LogP contribution is -2.44. The number of alkyl halides is 1. The number of anilines is 1. The molecule has 1 aromatic carbocycles. The Morgan fingerprint density at radius 3 is 2.88 bits per heavy atom. The SMILES string of the molecule is COc1ccccc1N1CCC(N)(CF)C1. The number of halogens is 1. The second-order valence-corrected chi connectivity index (χ2v) is 4.34. The number of hydrogen-bond donors (Lipinski definition) is 1. The smallest absolute Gasteiger partial charge is 0.142 e. The molecule has 1 aliphatic rings. The first-order chi connectivity index (χ1) is 7.68. The maximum absolute atomic E-state index is 12.8. The number of ether oxygens (including phenoxy) is 1. The fourth-order valence-electron chi connectivity index (χ4n) is 2.10. The first-order valence-corrected chi connectivity index (χ1v) is 5.41. The zero-order chi connectivity index (χ0) is 11.6. The molecule has 16 heavy (non-hydrogen) atoms. The van der Waals surface area contributed by atoms with Crippen molar-refractivity contribution in [1.82, 2.24) is 0 Å². The van der Waals surface area contributed by atoms with Crippen molar-refractivity contribution >= 4 is 5.69 Å². The third kappa shape index (κ3) is 1.97. The second-order valence-electron chi connectivity index (χ2n) is 4.34. The average molecular weight is 224 g/mol. The summed E-state index contributed by atoms with van der Waals surface area (Å²) in [6, 6.07) is 7.75. The van der Waals surface area contributed by atoms with Crippen LogP contribution in [0.3, 0.4) is 0 Å². The highest BCUT2D eigenvalue weighted by Gasteiger charge is 2.35. The summed E-state index contributed by atoms with van der Waals surface area (Å²) in [5.74, 6) is 0.811.